The third-order valence-corrected chi connectivity index (χ3v) is 4.84. The molecular weight excluding hydrogens is 248 g/mol. The van der Waals surface area contributed by atoms with E-state index in [1.165, 1.54) is 17.7 Å². The molecule has 20 heavy (non-hydrogen) atoms. The topological polar surface area (TPSA) is 32.3 Å². The van der Waals surface area contributed by atoms with Gasteiger partial charge in [-0.3, -0.25) is 4.79 Å². The van der Waals surface area contributed by atoms with Crippen molar-refractivity contribution in [2.24, 2.45) is 5.92 Å². The third kappa shape index (κ3) is 2.30. The highest BCUT2D eigenvalue weighted by Gasteiger charge is 2.40. The molecule has 0 bridgehead atoms. The molecule has 3 atom stereocenters. The number of para-hydroxylation sites is 1. The van der Waals surface area contributed by atoms with Gasteiger partial charge in [0, 0.05) is 24.3 Å². The summed E-state index contributed by atoms with van der Waals surface area (Å²) in [5.74, 6) is 0.354. The maximum atomic E-state index is 12.6. The van der Waals surface area contributed by atoms with Crippen molar-refractivity contribution >= 4 is 11.6 Å². The van der Waals surface area contributed by atoms with Gasteiger partial charge in [0.2, 0.25) is 5.91 Å². The number of hydrogen-bond acceptors (Lipinski definition) is 2. The number of carbonyl (C=O) groups is 1. The smallest absolute Gasteiger partial charge is 0.225 e. The van der Waals surface area contributed by atoms with Crippen molar-refractivity contribution in [3.8, 4) is 0 Å². The lowest BCUT2D eigenvalue weighted by Crippen LogP contribution is -2.49. The van der Waals surface area contributed by atoms with E-state index in [0.29, 0.717) is 6.04 Å². The number of rotatable bonds is 3. The Morgan fingerprint density at radius 3 is 3.05 bits per heavy atom. The zero-order valence-electron chi connectivity index (χ0n) is 12.4. The molecule has 1 saturated heterocycles. The van der Waals surface area contributed by atoms with Crippen LogP contribution >= 0.6 is 0 Å². The van der Waals surface area contributed by atoms with E-state index < -0.39 is 0 Å². The van der Waals surface area contributed by atoms with Gasteiger partial charge in [-0.05, 0) is 44.2 Å². The van der Waals surface area contributed by atoms with Crippen molar-refractivity contribution in [3.63, 3.8) is 0 Å². The fourth-order valence-corrected chi connectivity index (χ4v) is 3.57. The fraction of sp³-hybridized carbons (Fsp3) is 0.588. The summed E-state index contributed by atoms with van der Waals surface area (Å²) < 4.78 is 0. The minimum Gasteiger partial charge on any atom is -0.368 e. The van der Waals surface area contributed by atoms with Crippen LogP contribution in [-0.2, 0) is 11.2 Å². The molecule has 0 radical (unpaired) electrons. The lowest BCUT2D eigenvalue weighted by molar-refractivity contribution is -0.126. The molecule has 2 aliphatic rings. The number of carbonyl (C=O) groups excluding carboxylic acids is 1. The van der Waals surface area contributed by atoms with Crippen LogP contribution in [0.3, 0.4) is 0 Å². The number of fused-ring (bicyclic) bond motifs is 3. The summed E-state index contributed by atoms with van der Waals surface area (Å²) >= 11 is 0. The van der Waals surface area contributed by atoms with Gasteiger partial charge in [0.15, 0.2) is 0 Å². The maximum absolute atomic E-state index is 12.6. The number of nitrogens with zero attached hydrogens (tertiary/aromatic N) is 1. The summed E-state index contributed by atoms with van der Waals surface area (Å²) in [7, 11) is 0. The normalized spacial score (nSPS) is 25.8. The molecule has 0 spiro atoms. The first-order chi connectivity index (χ1) is 9.70. The van der Waals surface area contributed by atoms with Gasteiger partial charge in [-0.25, -0.2) is 0 Å². The molecule has 1 aromatic rings. The van der Waals surface area contributed by atoms with Crippen molar-refractivity contribution in [2.75, 3.05) is 11.4 Å². The molecule has 2 aliphatic heterocycles. The number of amides is 1. The van der Waals surface area contributed by atoms with Crippen LogP contribution in [-0.4, -0.2) is 24.5 Å². The van der Waals surface area contributed by atoms with E-state index >= 15 is 0 Å². The highest BCUT2D eigenvalue weighted by Crippen LogP contribution is 2.39. The Balaban J connectivity index is 1.85. The summed E-state index contributed by atoms with van der Waals surface area (Å²) in [6, 6.07) is 9.24. The van der Waals surface area contributed by atoms with Crippen molar-refractivity contribution in [1.82, 2.24) is 5.32 Å². The Morgan fingerprint density at radius 1 is 1.45 bits per heavy atom. The lowest BCUT2D eigenvalue weighted by atomic mass is 9.85. The first kappa shape index (κ1) is 13.5. The van der Waals surface area contributed by atoms with E-state index in [1.54, 1.807) is 0 Å². The number of hydrogen-bond donors (Lipinski definition) is 1. The average molecular weight is 272 g/mol. The van der Waals surface area contributed by atoms with E-state index in [0.717, 1.165) is 25.8 Å². The van der Waals surface area contributed by atoms with Gasteiger partial charge in [-0.2, -0.15) is 0 Å². The van der Waals surface area contributed by atoms with Gasteiger partial charge in [0.25, 0.3) is 0 Å². The van der Waals surface area contributed by atoms with Crippen LogP contribution in [0.1, 0.15) is 38.7 Å². The predicted octanol–water partition coefficient (Wildman–Crippen LogP) is 2.74. The van der Waals surface area contributed by atoms with Crippen LogP contribution in [0.25, 0.3) is 0 Å². The van der Waals surface area contributed by atoms with E-state index in [2.05, 4.69) is 48.3 Å². The lowest BCUT2D eigenvalue weighted by Gasteiger charge is -2.39. The first-order valence-electron chi connectivity index (χ1n) is 7.85. The maximum Gasteiger partial charge on any atom is 0.225 e. The standard InChI is InChI=1S/C17H24N2O/c1-3-12(2)18-17(20)14-11-13-7-4-5-8-15(13)19-10-6-9-16(14)19/h4-5,7-8,12,14,16H,3,6,9-11H2,1-2H3,(H,18,20). The Labute approximate surface area is 121 Å². The van der Waals surface area contributed by atoms with Crippen LogP contribution in [0.4, 0.5) is 5.69 Å². The minimum absolute atomic E-state index is 0.112. The monoisotopic (exact) mass is 272 g/mol. The molecule has 0 aromatic heterocycles. The highest BCUT2D eigenvalue weighted by atomic mass is 16.2. The van der Waals surface area contributed by atoms with Gasteiger partial charge >= 0.3 is 0 Å². The van der Waals surface area contributed by atoms with Gasteiger partial charge < -0.3 is 10.2 Å². The second kappa shape index (κ2) is 5.47. The van der Waals surface area contributed by atoms with Crippen LogP contribution in [0.5, 0.6) is 0 Å². The van der Waals surface area contributed by atoms with E-state index in [1.807, 2.05) is 0 Å². The molecule has 1 aromatic carbocycles. The zero-order chi connectivity index (χ0) is 14.1. The van der Waals surface area contributed by atoms with Crippen molar-refractivity contribution < 1.29 is 4.79 Å². The second-order valence-corrected chi connectivity index (χ2v) is 6.16. The summed E-state index contributed by atoms with van der Waals surface area (Å²) in [5, 5.41) is 3.18. The van der Waals surface area contributed by atoms with Crippen molar-refractivity contribution in [3.05, 3.63) is 29.8 Å². The van der Waals surface area contributed by atoms with Gasteiger partial charge in [-0.1, -0.05) is 25.1 Å². The molecule has 3 heteroatoms. The largest absolute Gasteiger partial charge is 0.368 e. The summed E-state index contributed by atoms with van der Waals surface area (Å²) in [4.78, 5) is 15.0. The molecule has 1 amide bonds. The van der Waals surface area contributed by atoms with Crippen LogP contribution in [0.2, 0.25) is 0 Å². The SMILES string of the molecule is CCC(C)NC(=O)C1Cc2ccccc2N2CCCC12. The molecule has 108 valence electrons. The van der Waals surface area contributed by atoms with Crippen molar-refractivity contribution in [2.45, 2.75) is 51.6 Å². The third-order valence-electron chi connectivity index (χ3n) is 4.84. The number of benzene rings is 1. The Hall–Kier alpha value is -1.51. The summed E-state index contributed by atoms with van der Waals surface area (Å²) in [5.41, 5.74) is 2.68. The predicted molar refractivity (Wildman–Crippen MR) is 81.9 cm³/mol. The Morgan fingerprint density at radius 2 is 2.25 bits per heavy atom. The molecule has 0 aliphatic carbocycles. The minimum atomic E-state index is 0.112. The molecule has 2 heterocycles. The van der Waals surface area contributed by atoms with Crippen molar-refractivity contribution in [1.29, 1.82) is 0 Å². The van der Waals surface area contributed by atoms with Crippen LogP contribution in [0, 0.1) is 5.92 Å². The van der Waals surface area contributed by atoms with E-state index in [4.69, 9.17) is 0 Å². The average Bonchev–Trinajstić information content (AvgIpc) is 2.95. The van der Waals surface area contributed by atoms with Crippen LogP contribution < -0.4 is 10.2 Å². The number of anilines is 1. The summed E-state index contributed by atoms with van der Waals surface area (Å²) in [6.07, 6.45) is 4.22. The first-order valence-corrected chi connectivity index (χ1v) is 7.85. The number of nitrogens with one attached hydrogen (secondary N) is 1. The fourth-order valence-electron chi connectivity index (χ4n) is 3.57. The molecule has 3 rings (SSSR count). The molecule has 0 saturated carbocycles. The van der Waals surface area contributed by atoms with E-state index in [-0.39, 0.29) is 17.9 Å². The van der Waals surface area contributed by atoms with Gasteiger partial charge in [0.1, 0.15) is 0 Å². The van der Waals surface area contributed by atoms with Gasteiger partial charge in [-0.15, -0.1) is 0 Å². The van der Waals surface area contributed by atoms with Crippen LogP contribution in [0.15, 0.2) is 24.3 Å². The summed E-state index contributed by atoms with van der Waals surface area (Å²) in [6.45, 7) is 5.29. The second-order valence-electron chi connectivity index (χ2n) is 6.16. The molecule has 3 unspecified atom stereocenters. The molecule has 3 nitrogen and oxygen atoms in total. The molecule has 1 fully saturated rings. The zero-order valence-corrected chi connectivity index (χ0v) is 12.4. The van der Waals surface area contributed by atoms with Gasteiger partial charge in [0.05, 0.1) is 5.92 Å². The Bertz CT molecular complexity index is 500. The Kier molecular flexibility index (Phi) is 3.68. The highest BCUT2D eigenvalue weighted by molar-refractivity contribution is 5.82. The molecular formula is C17H24N2O. The molecule has 1 N–H and O–H groups in total. The van der Waals surface area contributed by atoms with E-state index in [9.17, 15) is 4.79 Å². The quantitative estimate of drug-likeness (QED) is 0.917.